The minimum Gasteiger partial charge on any atom is -0.480 e. The molecule has 1 amide bonds. The number of carbonyl (C=O) groups is 1. The van der Waals surface area contributed by atoms with E-state index in [1.54, 1.807) is 33.0 Å². The van der Waals surface area contributed by atoms with Gasteiger partial charge < -0.3 is 14.4 Å². The molecule has 1 unspecified atom stereocenters. The van der Waals surface area contributed by atoms with Gasteiger partial charge in [0.2, 0.25) is 0 Å². The first kappa shape index (κ1) is 18.9. The third-order valence-electron chi connectivity index (χ3n) is 4.54. The maximum absolute atomic E-state index is 12.3. The van der Waals surface area contributed by atoms with Crippen LogP contribution in [0.4, 0.5) is 0 Å². The minimum absolute atomic E-state index is 0.0652. The third kappa shape index (κ3) is 4.12. The molecule has 3 aromatic rings. The molecule has 0 saturated carbocycles. The second-order valence-electron chi connectivity index (χ2n) is 6.78. The van der Waals surface area contributed by atoms with E-state index in [1.807, 2.05) is 24.3 Å². The molecule has 0 bridgehead atoms. The molecule has 0 radical (unpaired) electrons. The summed E-state index contributed by atoms with van der Waals surface area (Å²) < 4.78 is 11.3. The van der Waals surface area contributed by atoms with E-state index >= 15 is 0 Å². The predicted molar refractivity (Wildman–Crippen MR) is 109 cm³/mol. The molecule has 0 spiro atoms. The second-order valence-corrected chi connectivity index (χ2v) is 6.78. The Kier molecular flexibility index (Phi) is 5.77. The normalized spacial score (nSPS) is 12.0. The van der Waals surface area contributed by atoms with Crippen molar-refractivity contribution in [3.05, 3.63) is 66.2 Å². The number of nitrogens with zero attached hydrogens (tertiary/aromatic N) is 1. The average Bonchev–Trinajstić information content (AvgIpc) is 2.68. The van der Waals surface area contributed by atoms with Crippen molar-refractivity contribution in [1.29, 1.82) is 0 Å². The Balaban J connectivity index is 2.08. The molecule has 0 saturated heterocycles. The van der Waals surface area contributed by atoms with Gasteiger partial charge >= 0.3 is 0 Å². The zero-order valence-electron chi connectivity index (χ0n) is 16.2. The molecule has 27 heavy (non-hydrogen) atoms. The second kappa shape index (κ2) is 8.23. The van der Waals surface area contributed by atoms with Crippen LogP contribution in [0.1, 0.15) is 12.5 Å². The molecule has 1 atom stereocenters. The number of rotatable bonds is 6. The van der Waals surface area contributed by atoms with Crippen LogP contribution >= 0.6 is 0 Å². The molecule has 0 aromatic heterocycles. The van der Waals surface area contributed by atoms with Gasteiger partial charge in [0.15, 0.2) is 6.10 Å². The van der Waals surface area contributed by atoms with E-state index < -0.39 is 6.10 Å². The van der Waals surface area contributed by atoms with Crippen LogP contribution in [0.2, 0.25) is 0 Å². The summed E-state index contributed by atoms with van der Waals surface area (Å²) >= 11 is 0. The number of hydrogen-bond donors (Lipinski definition) is 0. The highest BCUT2D eigenvalue weighted by Gasteiger charge is 2.19. The highest BCUT2D eigenvalue weighted by molar-refractivity contribution is 6.00. The highest BCUT2D eigenvalue weighted by atomic mass is 16.5. The Bertz CT molecular complexity index is 932. The number of amides is 1. The smallest absolute Gasteiger partial charge is 0.262 e. The third-order valence-corrected chi connectivity index (χ3v) is 4.54. The summed E-state index contributed by atoms with van der Waals surface area (Å²) in [5.41, 5.74) is 3.15. The van der Waals surface area contributed by atoms with Gasteiger partial charge in [0.25, 0.3) is 5.91 Å². The van der Waals surface area contributed by atoms with Crippen molar-refractivity contribution in [3.8, 4) is 16.9 Å². The first-order valence-corrected chi connectivity index (χ1v) is 8.99. The van der Waals surface area contributed by atoms with Crippen molar-refractivity contribution < 1.29 is 14.3 Å². The average molecular weight is 363 g/mol. The van der Waals surface area contributed by atoms with Gasteiger partial charge in [0.1, 0.15) is 5.75 Å². The molecular formula is C23H25NO3. The van der Waals surface area contributed by atoms with Crippen LogP contribution in [0, 0.1) is 0 Å². The topological polar surface area (TPSA) is 38.8 Å². The Morgan fingerprint density at radius 3 is 2.37 bits per heavy atom. The van der Waals surface area contributed by atoms with Crippen molar-refractivity contribution in [1.82, 2.24) is 4.90 Å². The summed E-state index contributed by atoms with van der Waals surface area (Å²) in [7, 11) is 5.16. The summed E-state index contributed by atoms with van der Waals surface area (Å²) in [5.74, 6) is 0.639. The summed E-state index contributed by atoms with van der Waals surface area (Å²) in [6, 6.07) is 20.4. The van der Waals surface area contributed by atoms with Crippen molar-refractivity contribution in [2.24, 2.45) is 0 Å². The molecule has 0 N–H and O–H groups in total. The van der Waals surface area contributed by atoms with Gasteiger partial charge in [-0.3, -0.25) is 4.79 Å². The number of hydrogen-bond acceptors (Lipinski definition) is 3. The Morgan fingerprint density at radius 2 is 1.70 bits per heavy atom. The number of fused-ring (bicyclic) bond motifs is 1. The van der Waals surface area contributed by atoms with E-state index in [-0.39, 0.29) is 5.91 Å². The lowest BCUT2D eigenvalue weighted by atomic mass is 9.96. The fraction of sp³-hybridized carbons (Fsp3) is 0.261. The minimum atomic E-state index is -0.562. The molecule has 4 nitrogen and oxygen atoms in total. The molecule has 0 aliphatic heterocycles. The number of benzene rings is 3. The Morgan fingerprint density at radius 1 is 1.00 bits per heavy atom. The molecule has 4 heteroatoms. The predicted octanol–water partition coefficient (Wildman–Crippen LogP) is 4.51. The van der Waals surface area contributed by atoms with Crippen LogP contribution in [-0.2, 0) is 16.1 Å². The van der Waals surface area contributed by atoms with Gasteiger partial charge in [-0.2, -0.15) is 0 Å². The van der Waals surface area contributed by atoms with Gasteiger partial charge in [-0.25, -0.2) is 0 Å². The maximum atomic E-state index is 12.3. The lowest BCUT2D eigenvalue weighted by molar-refractivity contribution is -0.135. The van der Waals surface area contributed by atoms with E-state index in [4.69, 9.17) is 9.47 Å². The molecule has 0 aliphatic carbocycles. The largest absolute Gasteiger partial charge is 0.480 e. The summed E-state index contributed by atoms with van der Waals surface area (Å²) in [4.78, 5) is 13.8. The molecule has 3 aromatic carbocycles. The van der Waals surface area contributed by atoms with Crippen LogP contribution in [0.15, 0.2) is 60.7 Å². The molecule has 0 heterocycles. The summed E-state index contributed by atoms with van der Waals surface area (Å²) in [6.45, 7) is 2.36. The van der Waals surface area contributed by atoms with Crippen molar-refractivity contribution in [2.75, 3.05) is 21.2 Å². The van der Waals surface area contributed by atoms with E-state index in [2.05, 4.69) is 36.4 Å². The van der Waals surface area contributed by atoms with Crippen molar-refractivity contribution in [3.63, 3.8) is 0 Å². The standard InChI is InChI=1S/C23H25NO3/c1-16(23(25)24(2)3)27-21-14-13-18-7-5-6-8-20(18)22(21)19-11-9-17(10-12-19)15-26-4/h5-14,16H,15H2,1-4H3. The van der Waals surface area contributed by atoms with E-state index in [0.717, 1.165) is 27.5 Å². The number of methoxy groups -OCH3 is 1. The molecule has 3 rings (SSSR count). The van der Waals surface area contributed by atoms with Crippen LogP contribution in [0.3, 0.4) is 0 Å². The van der Waals surface area contributed by atoms with Gasteiger partial charge in [0, 0.05) is 26.8 Å². The summed E-state index contributed by atoms with van der Waals surface area (Å²) in [5, 5.41) is 2.23. The Labute approximate surface area is 160 Å². The van der Waals surface area contributed by atoms with E-state index in [1.165, 1.54) is 0 Å². The monoisotopic (exact) mass is 363 g/mol. The molecule has 0 aliphatic rings. The van der Waals surface area contributed by atoms with Crippen LogP contribution in [0.25, 0.3) is 21.9 Å². The lowest BCUT2D eigenvalue weighted by Crippen LogP contribution is -2.35. The van der Waals surface area contributed by atoms with Crippen LogP contribution in [0.5, 0.6) is 5.75 Å². The summed E-state index contributed by atoms with van der Waals surface area (Å²) in [6.07, 6.45) is -0.562. The zero-order valence-corrected chi connectivity index (χ0v) is 16.2. The van der Waals surface area contributed by atoms with Gasteiger partial charge in [-0.1, -0.05) is 54.6 Å². The fourth-order valence-corrected chi connectivity index (χ4v) is 3.19. The first-order chi connectivity index (χ1) is 13.0. The lowest BCUT2D eigenvalue weighted by Gasteiger charge is -2.21. The first-order valence-electron chi connectivity index (χ1n) is 8.99. The van der Waals surface area contributed by atoms with Gasteiger partial charge in [-0.15, -0.1) is 0 Å². The zero-order chi connectivity index (χ0) is 19.4. The Hall–Kier alpha value is -2.85. The van der Waals surface area contributed by atoms with E-state index in [9.17, 15) is 4.79 Å². The molecular weight excluding hydrogens is 338 g/mol. The quantitative estimate of drug-likeness (QED) is 0.647. The maximum Gasteiger partial charge on any atom is 0.262 e. The fourth-order valence-electron chi connectivity index (χ4n) is 3.19. The molecule has 140 valence electrons. The number of carbonyl (C=O) groups excluding carboxylic acids is 1. The molecule has 0 fully saturated rings. The van der Waals surface area contributed by atoms with Crippen LogP contribution in [-0.4, -0.2) is 38.1 Å². The highest BCUT2D eigenvalue weighted by Crippen LogP contribution is 2.37. The number of likely N-dealkylation sites (N-methyl/N-ethyl adjacent to an activating group) is 1. The van der Waals surface area contributed by atoms with E-state index in [0.29, 0.717) is 12.4 Å². The number of ether oxygens (including phenoxy) is 2. The van der Waals surface area contributed by atoms with Gasteiger partial charge in [-0.05, 0) is 34.9 Å². The van der Waals surface area contributed by atoms with Gasteiger partial charge in [0.05, 0.1) is 6.61 Å². The van der Waals surface area contributed by atoms with Crippen molar-refractivity contribution in [2.45, 2.75) is 19.6 Å². The SMILES string of the molecule is COCc1ccc(-c2c(OC(C)C(=O)N(C)C)ccc3ccccc23)cc1. The van der Waals surface area contributed by atoms with Crippen LogP contribution < -0.4 is 4.74 Å². The van der Waals surface area contributed by atoms with Crippen molar-refractivity contribution >= 4 is 16.7 Å².